The van der Waals surface area contributed by atoms with Crippen LogP contribution in [0.5, 0.6) is 0 Å². The molecule has 0 spiro atoms. The highest BCUT2D eigenvalue weighted by Gasteiger charge is 2.59. The average Bonchev–Trinajstić information content (AvgIpc) is 3.00. The minimum absolute atomic E-state index is 0.0411. The van der Waals surface area contributed by atoms with E-state index in [0.717, 1.165) is 43.4 Å². The monoisotopic (exact) mass is 392 g/mol. The fourth-order valence-corrected chi connectivity index (χ4v) is 7.37. The fraction of sp³-hybridized carbons (Fsp3) is 0.600. The molecule has 1 heterocycles. The van der Waals surface area contributed by atoms with Gasteiger partial charge in [0.15, 0.2) is 0 Å². The summed E-state index contributed by atoms with van der Waals surface area (Å²) in [6.45, 7) is 4.78. The van der Waals surface area contributed by atoms with E-state index >= 15 is 0 Å². The maximum Gasteiger partial charge on any atom is 0.0889 e. The van der Waals surface area contributed by atoms with Gasteiger partial charge in [0.2, 0.25) is 0 Å². The van der Waals surface area contributed by atoms with Gasteiger partial charge in [0.05, 0.1) is 11.8 Å². The van der Waals surface area contributed by atoms with E-state index in [2.05, 4.69) is 36.1 Å². The van der Waals surface area contributed by atoms with Crippen molar-refractivity contribution in [2.75, 3.05) is 0 Å². The highest BCUT2D eigenvalue weighted by molar-refractivity contribution is 6.09. The van der Waals surface area contributed by atoms with Crippen molar-refractivity contribution in [3.05, 3.63) is 47.3 Å². The Kier molecular flexibility index (Phi) is 4.47. The van der Waals surface area contributed by atoms with Crippen molar-refractivity contribution in [3.8, 4) is 0 Å². The average molecular weight is 393 g/mol. The van der Waals surface area contributed by atoms with E-state index in [4.69, 9.17) is 0 Å². The minimum atomic E-state index is -0.252. The molecule has 2 N–H and O–H groups in total. The van der Waals surface area contributed by atoms with Gasteiger partial charge in [-0.2, -0.15) is 0 Å². The molecule has 3 saturated carbocycles. The van der Waals surface area contributed by atoms with Crippen LogP contribution in [0.15, 0.2) is 46.9 Å². The Balaban J connectivity index is 1.51. The van der Waals surface area contributed by atoms with Crippen LogP contribution in [-0.2, 0) is 0 Å². The second-order valence-electron chi connectivity index (χ2n) is 10.2. The summed E-state index contributed by atoms with van der Waals surface area (Å²) < 4.78 is 0. The van der Waals surface area contributed by atoms with Crippen LogP contribution in [0.1, 0.15) is 64.4 Å². The zero-order valence-corrected chi connectivity index (χ0v) is 17.5. The molecule has 29 heavy (non-hydrogen) atoms. The van der Waals surface area contributed by atoms with Gasteiger partial charge in [-0.25, -0.2) is 0 Å². The molecule has 0 aromatic carbocycles. The zero-order valence-electron chi connectivity index (χ0n) is 17.5. The zero-order chi connectivity index (χ0) is 20.2. The Labute approximate surface area is 173 Å². The van der Waals surface area contributed by atoms with Gasteiger partial charge in [-0.15, -0.1) is 0 Å². The van der Waals surface area contributed by atoms with Crippen molar-refractivity contribution in [3.63, 3.8) is 0 Å². The first kappa shape index (κ1) is 19.0. The third kappa shape index (κ3) is 2.83. The molecule has 1 aromatic rings. The van der Waals surface area contributed by atoms with Crippen molar-refractivity contribution in [2.24, 2.45) is 33.7 Å². The quantitative estimate of drug-likeness (QED) is 0.391. The summed E-state index contributed by atoms with van der Waals surface area (Å²) in [5, 5.41) is 24.0. The molecule has 0 amide bonds. The van der Waals surface area contributed by atoms with Gasteiger partial charge in [-0.05, 0) is 97.5 Å². The SMILES string of the molecule is C[C@]12CC[C@H](O)C=C1CC[C@@H]1[C@@H]2CC[C@]2(C)C(=NO)C(=Cc3ccncc3)C[C@@H]12. The molecule has 0 bridgehead atoms. The van der Waals surface area contributed by atoms with E-state index in [-0.39, 0.29) is 16.9 Å². The topological polar surface area (TPSA) is 65.7 Å². The van der Waals surface area contributed by atoms with Crippen LogP contribution >= 0.6 is 0 Å². The molecule has 1 aromatic heterocycles. The van der Waals surface area contributed by atoms with E-state index in [0.29, 0.717) is 17.8 Å². The van der Waals surface area contributed by atoms with Gasteiger partial charge in [-0.3, -0.25) is 4.98 Å². The van der Waals surface area contributed by atoms with Crippen molar-refractivity contribution in [1.82, 2.24) is 4.98 Å². The lowest BCUT2D eigenvalue weighted by atomic mass is 9.47. The van der Waals surface area contributed by atoms with Gasteiger partial charge < -0.3 is 10.3 Å². The van der Waals surface area contributed by atoms with E-state index in [9.17, 15) is 10.3 Å². The number of aliphatic hydroxyl groups is 1. The summed E-state index contributed by atoms with van der Waals surface area (Å²) in [7, 11) is 0. The predicted molar refractivity (Wildman–Crippen MR) is 115 cm³/mol. The van der Waals surface area contributed by atoms with Crippen molar-refractivity contribution in [1.29, 1.82) is 0 Å². The molecule has 154 valence electrons. The Morgan fingerprint density at radius 3 is 2.59 bits per heavy atom. The van der Waals surface area contributed by atoms with Crippen LogP contribution in [0.25, 0.3) is 6.08 Å². The van der Waals surface area contributed by atoms with Gasteiger partial charge >= 0.3 is 0 Å². The van der Waals surface area contributed by atoms with Gasteiger partial charge in [0, 0.05) is 17.8 Å². The summed E-state index contributed by atoms with van der Waals surface area (Å²) in [5.74, 6) is 1.87. The van der Waals surface area contributed by atoms with Crippen molar-refractivity contribution >= 4 is 11.8 Å². The second kappa shape index (κ2) is 6.80. The van der Waals surface area contributed by atoms with Gasteiger partial charge in [-0.1, -0.05) is 30.7 Å². The number of aromatic nitrogens is 1. The Morgan fingerprint density at radius 2 is 1.83 bits per heavy atom. The lowest BCUT2D eigenvalue weighted by Gasteiger charge is -2.57. The number of nitrogens with zero attached hydrogens (tertiary/aromatic N) is 2. The molecule has 4 heteroatoms. The van der Waals surface area contributed by atoms with E-state index < -0.39 is 0 Å². The number of hydrogen-bond donors (Lipinski definition) is 2. The number of aliphatic hydroxyl groups excluding tert-OH is 1. The number of allylic oxidation sites excluding steroid dienone is 2. The first-order chi connectivity index (χ1) is 14.0. The molecular formula is C25H32N2O2. The molecular weight excluding hydrogens is 360 g/mol. The van der Waals surface area contributed by atoms with Gasteiger partial charge in [0.1, 0.15) is 0 Å². The summed E-state index contributed by atoms with van der Waals surface area (Å²) in [5.41, 5.74) is 4.92. The van der Waals surface area contributed by atoms with Crippen molar-refractivity contribution < 1.29 is 10.3 Å². The summed E-state index contributed by atoms with van der Waals surface area (Å²) in [6.07, 6.45) is 15.3. The van der Waals surface area contributed by atoms with Crippen molar-refractivity contribution in [2.45, 2.75) is 64.9 Å². The molecule has 6 atom stereocenters. The third-order valence-electron chi connectivity index (χ3n) is 8.91. The number of hydrogen-bond acceptors (Lipinski definition) is 4. The minimum Gasteiger partial charge on any atom is -0.411 e. The molecule has 0 radical (unpaired) electrons. The van der Waals surface area contributed by atoms with E-state index in [1.807, 2.05) is 24.5 Å². The maximum absolute atomic E-state index is 10.2. The van der Waals surface area contributed by atoms with Gasteiger partial charge in [0.25, 0.3) is 0 Å². The molecule has 0 unspecified atom stereocenters. The highest BCUT2D eigenvalue weighted by atomic mass is 16.4. The third-order valence-corrected chi connectivity index (χ3v) is 8.91. The summed E-state index contributed by atoms with van der Waals surface area (Å²) in [6, 6.07) is 4.03. The van der Waals surface area contributed by atoms with Crippen LogP contribution in [0.3, 0.4) is 0 Å². The lowest BCUT2D eigenvalue weighted by molar-refractivity contribution is -0.0247. The van der Waals surface area contributed by atoms with Crippen LogP contribution < -0.4 is 0 Å². The first-order valence-corrected chi connectivity index (χ1v) is 11.2. The molecule has 4 aliphatic carbocycles. The lowest BCUT2D eigenvalue weighted by Crippen LogP contribution is -2.50. The number of rotatable bonds is 1. The molecule has 4 aliphatic rings. The molecule has 0 saturated heterocycles. The Bertz CT molecular complexity index is 889. The van der Waals surface area contributed by atoms with E-state index in [1.165, 1.54) is 24.0 Å². The van der Waals surface area contributed by atoms with Crippen LogP contribution in [0.4, 0.5) is 0 Å². The predicted octanol–water partition coefficient (Wildman–Crippen LogP) is 5.23. The molecule has 4 nitrogen and oxygen atoms in total. The normalized spacial score (nSPS) is 44.2. The van der Waals surface area contributed by atoms with Crippen LogP contribution in [0.2, 0.25) is 0 Å². The first-order valence-electron chi connectivity index (χ1n) is 11.2. The van der Waals surface area contributed by atoms with Crippen LogP contribution in [-0.4, -0.2) is 27.1 Å². The highest BCUT2D eigenvalue weighted by Crippen LogP contribution is 2.65. The largest absolute Gasteiger partial charge is 0.411 e. The summed E-state index contributed by atoms with van der Waals surface area (Å²) in [4.78, 5) is 4.12. The Morgan fingerprint density at radius 1 is 1.07 bits per heavy atom. The van der Waals surface area contributed by atoms with Crippen LogP contribution in [0, 0.1) is 28.6 Å². The smallest absolute Gasteiger partial charge is 0.0889 e. The Hall–Kier alpha value is -1.94. The number of fused-ring (bicyclic) bond motifs is 5. The molecule has 3 fully saturated rings. The maximum atomic E-state index is 10.2. The standard InChI is InChI=1S/C25H32N2O2/c1-24-9-5-19(28)15-18(24)3-4-20-21(24)6-10-25(2)22(20)14-17(23(25)27-29)13-16-7-11-26-12-8-16/h7-8,11-13,15,19-22,28-29H,3-6,9-10,14H2,1-2H3/t19-,20+,21-,22-,24-,25-/m0/s1. The fourth-order valence-electron chi connectivity index (χ4n) is 7.37. The number of oxime groups is 1. The molecule has 0 aliphatic heterocycles. The second-order valence-corrected chi connectivity index (χ2v) is 10.2. The number of pyridine rings is 1. The molecule has 5 rings (SSSR count). The van der Waals surface area contributed by atoms with E-state index in [1.54, 1.807) is 0 Å². The summed E-state index contributed by atoms with van der Waals surface area (Å²) >= 11 is 0.